The molecule has 3 aromatic rings. The lowest BCUT2D eigenvalue weighted by atomic mass is 10.2. The fraction of sp³-hybridized carbons (Fsp3) is 0.167. The van der Waals surface area contributed by atoms with Gasteiger partial charge in [-0.25, -0.2) is 0 Å². The molecule has 18 heavy (non-hydrogen) atoms. The second-order valence-corrected chi connectivity index (χ2v) is 4.12. The van der Waals surface area contributed by atoms with Crippen molar-refractivity contribution in [1.29, 1.82) is 0 Å². The summed E-state index contributed by atoms with van der Waals surface area (Å²) in [6.07, 6.45) is 0. The van der Waals surface area contributed by atoms with Crippen molar-refractivity contribution in [3.8, 4) is 17.1 Å². The molecule has 0 fully saturated rings. The number of nitrogens with one attached hydrogen (secondary N) is 2. The maximum absolute atomic E-state index is 5.88. The predicted molar refractivity (Wildman–Crippen MR) is 69.4 cm³/mol. The molecule has 6 heteroatoms. The minimum atomic E-state index is 0.607. The van der Waals surface area contributed by atoms with E-state index in [1.807, 2.05) is 25.1 Å². The monoisotopic (exact) mass is 243 g/mol. The van der Waals surface area contributed by atoms with Gasteiger partial charge in [0.1, 0.15) is 11.4 Å². The Bertz CT molecular complexity index is 712. The van der Waals surface area contributed by atoms with E-state index in [1.54, 1.807) is 7.11 Å². The molecule has 0 saturated heterocycles. The van der Waals surface area contributed by atoms with E-state index in [0.29, 0.717) is 11.4 Å². The number of aryl methyl sites for hydroxylation is 1. The number of benzene rings is 1. The quantitative estimate of drug-likeness (QED) is 0.599. The first-order valence-corrected chi connectivity index (χ1v) is 5.53. The van der Waals surface area contributed by atoms with Crippen LogP contribution in [0.3, 0.4) is 0 Å². The van der Waals surface area contributed by atoms with E-state index in [9.17, 15) is 0 Å². The first-order valence-electron chi connectivity index (χ1n) is 5.53. The molecule has 2 aromatic heterocycles. The highest BCUT2D eigenvalue weighted by atomic mass is 16.5. The van der Waals surface area contributed by atoms with Gasteiger partial charge in [0.15, 0.2) is 0 Å². The van der Waals surface area contributed by atoms with Gasteiger partial charge in [-0.3, -0.25) is 0 Å². The summed E-state index contributed by atoms with van der Waals surface area (Å²) in [5, 5.41) is 11.8. The largest absolute Gasteiger partial charge is 0.495 e. The van der Waals surface area contributed by atoms with E-state index in [0.717, 1.165) is 28.0 Å². The molecular formula is C12H13N5O. The number of H-pyrrole nitrogens is 2. The number of hydrogen-bond donors (Lipinski definition) is 3. The van der Waals surface area contributed by atoms with Gasteiger partial charge in [-0.2, -0.15) is 15.4 Å². The second kappa shape index (κ2) is 3.76. The maximum atomic E-state index is 5.88. The highest BCUT2D eigenvalue weighted by Crippen LogP contribution is 2.30. The Kier molecular flexibility index (Phi) is 2.22. The number of ether oxygens (including phenoxy) is 1. The van der Waals surface area contributed by atoms with Crippen molar-refractivity contribution in [2.24, 2.45) is 0 Å². The van der Waals surface area contributed by atoms with Crippen LogP contribution in [-0.4, -0.2) is 27.5 Å². The molecule has 1 aromatic carbocycles. The zero-order chi connectivity index (χ0) is 12.7. The van der Waals surface area contributed by atoms with E-state index in [2.05, 4.69) is 20.4 Å². The number of nitrogen functional groups attached to an aromatic ring is 1. The van der Waals surface area contributed by atoms with Crippen LogP contribution in [0.4, 0.5) is 5.69 Å². The molecule has 0 unspecified atom stereocenters. The van der Waals surface area contributed by atoms with Crippen LogP contribution >= 0.6 is 0 Å². The van der Waals surface area contributed by atoms with Crippen molar-refractivity contribution in [3.63, 3.8) is 0 Å². The summed E-state index contributed by atoms with van der Waals surface area (Å²) < 4.78 is 5.20. The molecule has 0 radical (unpaired) electrons. The number of hydrogen-bond acceptors (Lipinski definition) is 4. The van der Waals surface area contributed by atoms with Crippen molar-refractivity contribution in [1.82, 2.24) is 20.4 Å². The van der Waals surface area contributed by atoms with E-state index in [4.69, 9.17) is 10.5 Å². The highest BCUT2D eigenvalue weighted by Gasteiger charge is 2.11. The lowest BCUT2D eigenvalue weighted by Crippen LogP contribution is -1.91. The summed E-state index contributed by atoms with van der Waals surface area (Å²) in [6.45, 7) is 1.90. The average molecular weight is 243 g/mol. The minimum Gasteiger partial charge on any atom is -0.495 e. The Balaban J connectivity index is 2.20. The van der Waals surface area contributed by atoms with E-state index < -0.39 is 0 Å². The van der Waals surface area contributed by atoms with Crippen LogP contribution in [0.5, 0.6) is 5.75 Å². The Labute approximate surface area is 103 Å². The Hall–Kier alpha value is -2.50. The van der Waals surface area contributed by atoms with Crippen LogP contribution in [-0.2, 0) is 0 Å². The lowest BCUT2D eigenvalue weighted by Gasteiger charge is -2.03. The van der Waals surface area contributed by atoms with Crippen LogP contribution in [0.25, 0.3) is 22.3 Å². The van der Waals surface area contributed by atoms with Crippen LogP contribution in [0.1, 0.15) is 5.69 Å². The third-order valence-electron chi connectivity index (χ3n) is 2.95. The Morgan fingerprint density at radius 1 is 1.22 bits per heavy atom. The second-order valence-electron chi connectivity index (χ2n) is 4.12. The normalized spacial score (nSPS) is 11.0. The molecule has 0 bridgehead atoms. The maximum Gasteiger partial charge on any atom is 0.142 e. The van der Waals surface area contributed by atoms with E-state index in [-0.39, 0.29) is 0 Å². The molecule has 0 aliphatic rings. The fourth-order valence-corrected chi connectivity index (χ4v) is 2.02. The molecule has 0 atom stereocenters. The number of nitrogens with two attached hydrogens (primary N) is 1. The molecule has 0 saturated carbocycles. The van der Waals surface area contributed by atoms with Gasteiger partial charge in [-0.15, -0.1) is 0 Å². The van der Waals surface area contributed by atoms with Crippen molar-refractivity contribution in [2.75, 3.05) is 12.8 Å². The standard InChI is InChI=1S/C12H13N5O/c1-6-12(16-17-15-6)10-3-7-4-11(18-2)8(13)5-9(7)14-10/h3-5,14H,13H2,1-2H3,(H,15,16,17). The number of nitrogens with zero attached hydrogens (tertiary/aromatic N) is 2. The molecule has 2 heterocycles. The third-order valence-corrected chi connectivity index (χ3v) is 2.95. The number of aromatic amines is 2. The van der Waals surface area contributed by atoms with Gasteiger partial charge in [-0.05, 0) is 25.1 Å². The van der Waals surface area contributed by atoms with E-state index >= 15 is 0 Å². The molecule has 92 valence electrons. The van der Waals surface area contributed by atoms with Gasteiger partial charge in [0.25, 0.3) is 0 Å². The van der Waals surface area contributed by atoms with Crippen molar-refractivity contribution in [2.45, 2.75) is 6.92 Å². The number of anilines is 1. The summed E-state index contributed by atoms with van der Waals surface area (Å²) >= 11 is 0. The first kappa shape index (κ1) is 10.6. The van der Waals surface area contributed by atoms with Gasteiger partial charge in [0.2, 0.25) is 0 Å². The fourth-order valence-electron chi connectivity index (χ4n) is 2.02. The van der Waals surface area contributed by atoms with Gasteiger partial charge in [0.05, 0.1) is 24.2 Å². The SMILES string of the molecule is COc1cc2cc(-c3n[nH]nc3C)[nH]c2cc1N. The molecule has 0 amide bonds. The van der Waals surface area contributed by atoms with Crippen LogP contribution < -0.4 is 10.5 Å². The van der Waals surface area contributed by atoms with Gasteiger partial charge in [0, 0.05) is 10.9 Å². The summed E-state index contributed by atoms with van der Waals surface area (Å²) in [6, 6.07) is 5.76. The van der Waals surface area contributed by atoms with Gasteiger partial charge >= 0.3 is 0 Å². The molecule has 6 nitrogen and oxygen atoms in total. The van der Waals surface area contributed by atoms with Gasteiger partial charge in [-0.1, -0.05) is 0 Å². The van der Waals surface area contributed by atoms with Crippen molar-refractivity contribution >= 4 is 16.6 Å². The summed E-state index contributed by atoms with van der Waals surface area (Å²) in [4.78, 5) is 3.27. The molecule has 0 spiro atoms. The minimum absolute atomic E-state index is 0.607. The number of methoxy groups -OCH3 is 1. The van der Waals surface area contributed by atoms with Crippen LogP contribution in [0.15, 0.2) is 18.2 Å². The highest BCUT2D eigenvalue weighted by molar-refractivity contribution is 5.90. The topological polar surface area (TPSA) is 92.6 Å². The number of fused-ring (bicyclic) bond motifs is 1. The third kappa shape index (κ3) is 1.50. The molecule has 4 N–H and O–H groups in total. The zero-order valence-electron chi connectivity index (χ0n) is 10.1. The zero-order valence-corrected chi connectivity index (χ0v) is 10.1. The Morgan fingerprint density at radius 2 is 2.06 bits per heavy atom. The summed E-state index contributed by atoms with van der Waals surface area (Å²) in [5.74, 6) is 0.671. The van der Waals surface area contributed by atoms with Crippen LogP contribution in [0.2, 0.25) is 0 Å². The average Bonchev–Trinajstić information content (AvgIpc) is 2.93. The summed E-state index contributed by atoms with van der Waals surface area (Å²) in [5.41, 5.74) is 10.00. The Morgan fingerprint density at radius 3 is 2.72 bits per heavy atom. The van der Waals surface area contributed by atoms with Gasteiger partial charge < -0.3 is 15.5 Å². The summed E-state index contributed by atoms with van der Waals surface area (Å²) in [7, 11) is 1.60. The molecular weight excluding hydrogens is 230 g/mol. The smallest absolute Gasteiger partial charge is 0.142 e. The number of aromatic nitrogens is 4. The number of rotatable bonds is 2. The lowest BCUT2D eigenvalue weighted by molar-refractivity contribution is 0.417. The molecule has 0 aliphatic heterocycles. The molecule has 0 aliphatic carbocycles. The van der Waals surface area contributed by atoms with Crippen molar-refractivity contribution in [3.05, 3.63) is 23.9 Å². The van der Waals surface area contributed by atoms with Crippen molar-refractivity contribution < 1.29 is 4.74 Å². The first-order chi connectivity index (χ1) is 8.69. The van der Waals surface area contributed by atoms with Crippen LogP contribution in [0, 0.1) is 6.92 Å². The van der Waals surface area contributed by atoms with E-state index in [1.165, 1.54) is 0 Å². The predicted octanol–water partition coefficient (Wildman–Crippen LogP) is 1.85. The molecule has 3 rings (SSSR count).